The zero-order chi connectivity index (χ0) is 94.0. The molecule has 16 heterocycles. The zero-order valence-electron chi connectivity index (χ0n) is 79.4. The molecule has 40 heteroatoms. The summed E-state index contributed by atoms with van der Waals surface area (Å²) in [6.07, 6.45) is 19.5. The Hall–Kier alpha value is -11.3. The first-order valence-corrected chi connectivity index (χ1v) is 43.8. The Kier molecular flexibility index (Phi) is 33.4. The molecule has 716 valence electrons. The van der Waals surface area contributed by atoms with E-state index in [0.717, 1.165) is 161 Å². The maximum absolute atomic E-state index is 12.3. The van der Waals surface area contributed by atoms with Gasteiger partial charge in [-0.25, -0.2) is 79.7 Å². The van der Waals surface area contributed by atoms with Crippen LogP contribution in [0.3, 0.4) is 0 Å². The molecule has 16 aromatic rings. The van der Waals surface area contributed by atoms with E-state index in [1.807, 2.05) is 117 Å². The van der Waals surface area contributed by atoms with Gasteiger partial charge >= 0.3 is 90.4 Å². The van der Waals surface area contributed by atoms with Gasteiger partial charge < -0.3 is 86.3 Å². The summed E-state index contributed by atoms with van der Waals surface area (Å²) in [4.78, 5) is 66.0. The van der Waals surface area contributed by atoms with Gasteiger partial charge in [0, 0.05) is 107 Å². The van der Waals surface area contributed by atoms with Crippen molar-refractivity contribution in [1.29, 1.82) is 0 Å². The van der Waals surface area contributed by atoms with Crippen LogP contribution in [0.4, 0.5) is 13.2 Å². The second kappa shape index (κ2) is 43.1. The molecule has 0 N–H and O–H groups in total. The first-order valence-electron chi connectivity index (χ1n) is 43.8. The molecule has 33 nitrogen and oxygen atoms in total. The molecule has 2 saturated carbocycles. The van der Waals surface area contributed by atoms with Crippen molar-refractivity contribution in [3.8, 4) is 97.0 Å². The number of rotatable bonds is 9. The van der Waals surface area contributed by atoms with E-state index in [0.29, 0.717) is 29.1 Å². The van der Waals surface area contributed by atoms with Crippen LogP contribution < -0.4 is 45.5 Å². The summed E-state index contributed by atoms with van der Waals surface area (Å²) < 4.78 is 41.8. The number of halogens is 3. The van der Waals surface area contributed by atoms with Crippen LogP contribution in [0.5, 0.6) is 5.88 Å². The zero-order valence-corrected chi connectivity index (χ0v) is 88.5. The normalized spacial score (nSPS) is 17.8. The molecular weight excluding hydrogens is 2450 g/mol. The topological polar surface area (TPSA) is 431 Å². The van der Waals surface area contributed by atoms with Crippen LogP contribution in [0.25, 0.3) is 91.1 Å². The molecule has 4 unspecified atom stereocenters. The molecular formula is C96H105F3N32OPt4. The van der Waals surface area contributed by atoms with Crippen LogP contribution in [0.1, 0.15) is 240 Å². The fourth-order valence-corrected chi connectivity index (χ4v) is 18.5. The average Bonchev–Trinajstić information content (AvgIpc) is 1.52. The van der Waals surface area contributed by atoms with Crippen LogP contribution >= 0.6 is 0 Å². The average molecular weight is 2560 g/mol. The van der Waals surface area contributed by atoms with E-state index in [-0.39, 0.29) is 122 Å². The number of ether oxygens (including phenoxy) is 1. The van der Waals surface area contributed by atoms with Gasteiger partial charge in [0.2, 0.25) is 5.88 Å². The fourth-order valence-electron chi connectivity index (χ4n) is 18.5. The monoisotopic (exact) mass is 2560 g/mol. The largest absolute Gasteiger partial charge is 2.00 e. The van der Waals surface area contributed by atoms with Gasteiger partial charge in [-0.05, 0) is 227 Å². The molecule has 4 atom stereocenters. The van der Waals surface area contributed by atoms with Crippen molar-refractivity contribution < 1.29 is 102 Å². The molecule has 0 aromatic carbocycles. The molecule has 0 spiro atoms. The van der Waals surface area contributed by atoms with Gasteiger partial charge in [0.25, 0.3) is 0 Å². The van der Waals surface area contributed by atoms with Gasteiger partial charge in [-0.15, -0.1) is 0 Å². The van der Waals surface area contributed by atoms with Crippen molar-refractivity contribution in [1.82, 2.24) is 161 Å². The number of aromatic nitrogens is 32. The van der Waals surface area contributed by atoms with E-state index < -0.39 is 11.9 Å². The van der Waals surface area contributed by atoms with Crippen molar-refractivity contribution in [3.63, 3.8) is 0 Å². The molecule has 136 heavy (non-hydrogen) atoms. The minimum Gasteiger partial charge on any atom is -0.574 e. The molecule has 2 fully saturated rings. The predicted molar refractivity (Wildman–Crippen MR) is 486 cm³/mol. The van der Waals surface area contributed by atoms with Crippen molar-refractivity contribution in [2.75, 3.05) is 7.11 Å². The minimum absolute atomic E-state index is 0. The second-order valence-electron chi connectivity index (χ2n) is 37.1. The number of fused-ring (bicyclic) bond motifs is 12. The summed E-state index contributed by atoms with van der Waals surface area (Å²) in [7, 11) is 1.56. The quantitative estimate of drug-likeness (QED) is 0.129. The number of methoxy groups -OCH3 is 1. The molecule has 16 aromatic heterocycles. The third kappa shape index (κ3) is 22.4. The number of alkyl halides is 3. The van der Waals surface area contributed by atoms with Crippen LogP contribution in [-0.2, 0) is 125 Å². The summed E-state index contributed by atoms with van der Waals surface area (Å²) in [6, 6.07) is 21.6. The predicted octanol–water partition coefficient (Wildman–Crippen LogP) is 15.6. The number of hydrogen-bond donors (Lipinski definition) is 0. The molecule has 6 aliphatic rings. The van der Waals surface area contributed by atoms with E-state index in [1.54, 1.807) is 51.5 Å². The molecule has 0 amide bonds. The summed E-state index contributed by atoms with van der Waals surface area (Å²) in [5, 5.41) is 65.7. The van der Waals surface area contributed by atoms with Crippen LogP contribution in [0.2, 0.25) is 0 Å². The van der Waals surface area contributed by atoms with Gasteiger partial charge in [0.1, 0.15) is 56.3 Å². The number of aryl methyl sites for hydroxylation is 10. The Morgan fingerprint density at radius 2 is 0.566 bits per heavy atom. The molecule has 0 radical (unpaired) electrons. The van der Waals surface area contributed by atoms with E-state index in [1.165, 1.54) is 110 Å². The summed E-state index contributed by atoms with van der Waals surface area (Å²) in [5.74, 6) is 1.64. The third-order valence-electron chi connectivity index (χ3n) is 26.4. The van der Waals surface area contributed by atoms with Crippen LogP contribution in [0, 0.1) is 80.1 Å². The van der Waals surface area contributed by atoms with Gasteiger partial charge in [0.15, 0.2) is 0 Å². The van der Waals surface area contributed by atoms with Crippen molar-refractivity contribution in [3.05, 3.63) is 231 Å². The fraction of sp³-hybridized carbons (Fsp3) is 0.417. The number of hydrogen-bond acceptors (Lipinski definition) is 25. The van der Waals surface area contributed by atoms with Gasteiger partial charge in [-0.2, -0.15) is 13.2 Å². The molecule has 0 aliphatic heterocycles. The van der Waals surface area contributed by atoms with Gasteiger partial charge in [-0.3, -0.25) is 0 Å². The maximum atomic E-state index is 12.3. The Morgan fingerprint density at radius 3 is 0.860 bits per heavy atom. The van der Waals surface area contributed by atoms with Crippen LogP contribution in [-0.4, -0.2) is 128 Å². The van der Waals surface area contributed by atoms with Crippen molar-refractivity contribution in [2.45, 2.75) is 242 Å². The Balaban J connectivity index is 0.000000149. The van der Waals surface area contributed by atoms with Crippen LogP contribution in [0.15, 0.2) is 123 Å². The Labute approximate surface area is 845 Å². The van der Waals surface area contributed by atoms with E-state index in [4.69, 9.17) is 4.74 Å². The molecule has 4 bridgehead atoms. The standard InChI is InChI=1S/2C16H19N4.2C14H17N4.C9H6F3N4.C9H9N4O.2C9H9N4.4Pt/c2*1-9-7-11(18-8-17-9)13-12-10-5-6-16(4,15(10,2)3)14(12)20-19-13;2*1-9-7-11(16-8-15-9)12-10-5-4-6-14(2,3)13(10)18-17-12;1-5-2-6(14-4-13-5)7-3-8(16-15-7)9(10,11)12;1-6-3-8(13-12-6)7-4-9(14-2)11-5-10-7;2*1-6-3-8(11-5-10-6)9-4-7(2)12-13-9;;;;/h2*7-8,10H,5-6H2,1-4H3;2*7-8H,4-6H2,1-3H3;2-4H,1H3;3-5H,1-2H3;2*3-5H,1-2H3;;;;/q8*-1;4*+2. The molecule has 6 aliphatic carbocycles. The van der Waals surface area contributed by atoms with Crippen molar-refractivity contribution in [2.24, 2.45) is 10.8 Å². The molecule has 0 saturated heterocycles. The van der Waals surface area contributed by atoms with Crippen molar-refractivity contribution >= 4 is 0 Å². The second-order valence-corrected chi connectivity index (χ2v) is 37.1. The Morgan fingerprint density at radius 1 is 0.294 bits per heavy atom. The summed E-state index contributed by atoms with van der Waals surface area (Å²) >= 11 is 0. The summed E-state index contributed by atoms with van der Waals surface area (Å²) in [5.41, 5.74) is 31.8. The minimum atomic E-state index is -4.48. The summed E-state index contributed by atoms with van der Waals surface area (Å²) in [6.45, 7) is 42.4. The first-order chi connectivity index (χ1) is 62.8. The number of nitrogens with zero attached hydrogens (tertiary/aromatic N) is 32. The van der Waals surface area contributed by atoms with E-state index in [9.17, 15) is 13.2 Å². The smallest absolute Gasteiger partial charge is 0.574 e. The maximum Gasteiger partial charge on any atom is 2.00 e. The van der Waals surface area contributed by atoms with Gasteiger partial charge in [0.05, 0.1) is 52.7 Å². The molecule has 22 rings (SSSR count). The Bertz CT molecular complexity index is 6450. The SMILES string of the molecule is COc1cc(-c2cc(C)n[n-]2)ncn1.Cc1cc(-c2[n-]nc3c2C2CCC3(C)C2(C)C)ncn1.Cc1cc(-c2[n-]nc3c2C2CCC3(C)C2(C)C)ncn1.Cc1cc(-c2[n-]nc3c2CCCC3(C)C)ncn1.Cc1cc(-c2[n-]nc3c2CCCC3(C)C)ncn1.Cc1cc(-c2cc(C(F)(F)F)n[n-]2)ncn1.Cc1cc(-c2cc(C)n[n-]2)ncn1.Cc1cc(-c2cc(C)n[n-]2)ncn1.[Pt+2].[Pt+2].[Pt+2].[Pt+2]. The van der Waals surface area contributed by atoms with E-state index >= 15 is 0 Å². The van der Waals surface area contributed by atoms with E-state index in [2.05, 4.69) is 231 Å². The van der Waals surface area contributed by atoms with Gasteiger partial charge in [-0.1, -0.05) is 133 Å². The first kappa shape index (κ1) is 105. The third-order valence-corrected chi connectivity index (χ3v) is 26.4.